The number of halogens is 1. The molecule has 3 aromatic carbocycles. The second-order valence-corrected chi connectivity index (χ2v) is 9.21. The van der Waals surface area contributed by atoms with Gasteiger partial charge in [0, 0.05) is 10.6 Å². The summed E-state index contributed by atoms with van der Waals surface area (Å²) >= 11 is 7.70. The fourth-order valence-electron chi connectivity index (χ4n) is 2.63. The fraction of sp³-hybridized carbons (Fsp3) is 0.0952. The zero-order valence-corrected chi connectivity index (χ0v) is 18.2. The Labute approximate surface area is 179 Å². The number of rotatable bonds is 6. The number of thioether (sulfide) groups is 1. The van der Waals surface area contributed by atoms with E-state index in [-0.39, 0.29) is 21.2 Å². The summed E-state index contributed by atoms with van der Waals surface area (Å²) in [5, 5.41) is 3.05. The lowest BCUT2D eigenvalue weighted by molar-refractivity contribution is 0.102. The minimum absolute atomic E-state index is 0.137. The van der Waals surface area contributed by atoms with Crippen LogP contribution >= 0.6 is 23.4 Å². The minimum Gasteiger partial charge on any atom is -0.321 e. The van der Waals surface area contributed by atoms with Crippen molar-refractivity contribution in [2.24, 2.45) is 0 Å². The van der Waals surface area contributed by atoms with Gasteiger partial charge in [-0.2, -0.15) is 0 Å². The number of anilines is 2. The molecule has 0 spiro atoms. The first-order valence-electron chi connectivity index (χ1n) is 8.63. The molecule has 0 heterocycles. The van der Waals surface area contributed by atoms with Gasteiger partial charge < -0.3 is 5.32 Å². The van der Waals surface area contributed by atoms with Crippen LogP contribution in [0, 0.1) is 6.92 Å². The van der Waals surface area contributed by atoms with Crippen LogP contribution in [-0.4, -0.2) is 20.6 Å². The molecule has 0 aliphatic carbocycles. The van der Waals surface area contributed by atoms with Gasteiger partial charge in [0.1, 0.15) is 0 Å². The lowest BCUT2D eigenvalue weighted by Crippen LogP contribution is -2.16. The molecule has 8 heteroatoms. The molecular formula is C21H19ClN2O3S2. The third kappa shape index (κ3) is 5.12. The highest BCUT2D eigenvalue weighted by molar-refractivity contribution is 7.98. The van der Waals surface area contributed by atoms with Crippen LogP contribution in [0.4, 0.5) is 11.4 Å². The molecule has 0 atom stereocenters. The molecule has 29 heavy (non-hydrogen) atoms. The Kier molecular flexibility index (Phi) is 6.52. The lowest BCUT2D eigenvalue weighted by Gasteiger charge is -2.13. The molecule has 0 unspecified atom stereocenters. The molecule has 0 aliphatic heterocycles. The first-order valence-corrected chi connectivity index (χ1v) is 11.7. The number of nitrogens with one attached hydrogen (secondary N) is 2. The summed E-state index contributed by atoms with van der Waals surface area (Å²) in [6.45, 7) is 1.88. The van der Waals surface area contributed by atoms with E-state index >= 15 is 0 Å². The van der Waals surface area contributed by atoms with Crippen molar-refractivity contribution in [3.63, 3.8) is 0 Å². The Morgan fingerprint density at radius 3 is 2.38 bits per heavy atom. The van der Waals surface area contributed by atoms with Crippen LogP contribution in [0.3, 0.4) is 0 Å². The quantitative estimate of drug-likeness (QED) is 0.495. The van der Waals surface area contributed by atoms with Gasteiger partial charge in [0.25, 0.3) is 15.9 Å². The summed E-state index contributed by atoms with van der Waals surface area (Å²) < 4.78 is 27.7. The van der Waals surface area contributed by atoms with Crippen molar-refractivity contribution in [1.29, 1.82) is 0 Å². The van der Waals surface area contributed by atoms with Crippen molar-refractivity contribution >= 4 is 50.7 Å². The van der Waals surface area contributed by atoms with Crippen molar-refractivity contribution in [1.82, 2.24) is 0 Å². The van der Waals surface area contributed by atoms with E-state index in [2.05, 4.69) is 10.0 Å². The predicted octanol–water partition coefficient (Wildman–Crippen LogP) is 5.42. The van der Waals surface area contributed by atoms with Gasteiger partial charge >= 0.3 is 0 Å². The number of hydrogen-bond donors (Lipinski definition) is 2. The number of benzene rings is 3. The van der Waals surface area contributed by atoms with Crippen LogP contribution in [0.2, 0.25) is 5.02 Å². The van der Waals surface area contributed by atoms with Crippen molar-refractivity contribution in [3.8, 4) is 0 Å². The van der Waals surface area contributed by atoms with Gasteiger partial charge in [-0.05, 0) is 55.6 Å². The summed E-state index contributed by atoms with van der Waals surface area (Å²) in [5.74, 6) is -0.423. The summed E-state index contributed by atoms with van der Waals surface area (Å²) in [5.41, 5.74) is 2.04. The summed E-state index contributed by atoms with van der Waals surface area (Å²) in [4.78, 5) is 13.8. The fourth-order valence-corrected chi connectivity index (χ4v) is 4.44. The SMILES string of the molecule is CSc1ccccc1NC(=O)c1cc(NS(=O)(=O)c2ccc(C)cc2)ccc1Cl. The molecular weight excluding hydrogens is 428 g/mol. The Morgan fingerprint density at radius 2 is 1.69 bits per heavy atom. The van der Waals surface area contributed by atoms with E-state index < -0.39 is 15.9 Å². The maximum absolute atomic E-state index is 12.7. The van der Waals surface area contributed by atoms with E-state index in [1.807, 2.05) is 31.4 Å². The second-order valence-electron chi connectivity index (χ2n) is 6.27. The van der Waals surface area contributed by atoms with Gasteiger partial charge in [-0.15, -0.1) is 11.8 Å². The molecule has 2 N–H and O–H groups in total. The average Bonchev–Trinajstić information content (AvgIpc) is 2.70. The lowest BCUT2D eigenvalue weighted by atomic mass is 10.2. The second kappa shape index (κ2) is 8.90. The van der Waals surface area contributed by atoms with Crippen molar-refractivity contribution in [2.45, 2.75) is 16.7 Å². The van der Waals surface area contributed by atoms with Crippen molar-refractivity contribution < 1.29 is 13.2 Å². The monoisotopic (exact) mass is 446 g/mol. The summed E-state index contributed by atoms with van der Waals surface area (Å²) in [6, 6.07) is 18.3. The van der Waals surface area contributed by atoms with Crippen LogP contribution in [0.5, 0.6) is 0 Å². The topological polar surface area (TPSA) is 75.3 Å². The zero-order valence-electron chi connectivity index (χ0n) is 15.8. The first kappa shape index (κ1) is 21.2. The van der Waals surface area contributed by atoms with Gasteiger partial charge in [-0.25, -0.2) is 8.42 Å². The Balaban J connectivity index is 1.86. The zero-order chi connectivity index (χ0) is 21.0. The third-order valence-electron chi connectivity index (χ3n) is 4.15. The standard InChI is InChI=1S/C21H19ClN2O3S2/c1-14-7-10-16(11-8-14)29(26,27)24-15-9-12-18(22)17(13-15)21(25)23-19-5-3-4-6-20(19)28-2/h3-13,24H,1-2H3,(H,23,25). The maximum Gasteiger partial charge on any atom is 0.261 e. The molecule has 3 aromatic rings. The van der Waals surface area contributed by atoms with Crippen LogP contribution in [-0.2, 0) is 10.0 Å². The van der Waals surface area contributed by atoms with E-state index in [9.17, 15) is 13.2 Å². The molecule has 1 amide bonds. The summed E-state index contributed by atoms with van der Waals surface area (Å²) in [6.07, 6.45) is 1.92. The number of sulfonamides is 1. The number of aryl methyl sites for hydroxylation is 1. The van der Waals surface area contributed by atoms with Gasteiger partial charge in [0.15, 0.2) is 0 Å². The highest BCUT2D eigenvalue weighted by Crippen LogP contribution is 2.27. The number of para-hydroxylation sites is 1. The van der Waals surface area contributed by atoms with Gasteiger partial charge in [0.05, 0.1) is 21.2 Å². The molecule has 0 saturated heterocycles. The molecule has 0 bridgehead atoms. The molecule has 0 saturated carbocycles. The highest BCUT2D eigenvalue weighted by Gasteiger charge is 2.17. The van der Waals surface area contributed by atoms with Gasteiger partial charge in [-0.1, -0.05) is 41.4 Å². The van der Waals surface area contributed by atoms with E-state index in [0.717, 1.165) is 10.5 Å². The molecule has 0 fully saturated rings. The van der Waals surface area contributed by atoms with Crippen LogP contribution in [0.25, 0.3) is 0 Å². The largest absolute Gasteiger partial charge is 0.321 e. The molecule has 5 nitrogen and oxygen atoms in total. The van der Waals surface area contributed by atoms with Gasteiger partial charge in [0.2, 0.25) is 0 Å². The average molecular weight is 447 g/mol. The predicted molar refractivity (Wildman–Crippen MR) is 120 cm³/mol. The Bertz CT molecular complexity index is 1150. The summed E-state index contributed by atoms with van der Waals surface area (Å²) in [7, 11) is -3.78. The number of carbonyl (C=O) groups is 1. The van der Waals surface area contributed by atoms with E-state index in [0.29, 0.717) is 5.69 Å². The molecule has 0 aromatic heterocycles. The van der Waals surface area contributed by atoms with E-state index in [1.165, 1.54) is 42.1 Å². The molecule has 150 valence electrons. The van der Waals surface area contributed by atoms with Gasteiger partial charge in [-0.3, -0.25) is 9.52 Å². The van der Waals surface area contributed by atoms with Crippen LogP contribution in [0.15, 0.2) is 76.5 Å². The third-order valence-corrected chi connectivity index (χ3v) is 6.67. The molecule has 0 aliphatic rings. The normalized spacial score (nSPS) is 11.1. The first-order chi connectivity index (χ1) is 13.8. The van der Waals surface area contributed by atoms with E-state index in [4.69, 9.17) is 11.6 Å². The highest BCUT2D eigenvalue weighted by atomic mass is 35.5. The van der Waals surface area contributed by atoms with Crippen LogP contribution in [0.1, 0.15) is 15.9 Å². The number of carbonyl (C=O) groups excluding carboxylic acids is 1. The minimum atomic E-state index is -3.78. The Hall–Kier alpha value is -2.48. The smallest absolute Gasteiger partial charge is 0.261 e. The van der Waals surface area contributed by atoms with Crippen molar-refractivity contribution in [2.75, 3.05) is 16.3 Å². The van der Waals surface area contributed by atoms with Crippen molar-refractivity contribution in [3.05, 3.63) is 82.9 Å². The number of amides is 1. The van der Waals surface area contributed by atoms with Crippen LogP contribution < -0.4 is 10.0 Å². The maximum atomic E-state index is 12.7. The van der Waals surface area contributed by atoms with E-state index in [1.54, 1.807) is 18.2 Å². The Morgan fingerprint density at radius 1 is 1.00 bits per heavy atom. The molecule has 0 radical (unpaired) electrons. The molecule has 3 rings (SSSR count). The number of hydrogen-bond acceptors (Lipinski definition) is 4.